The molecule has 0 amide bonds. The summed E-state index contributed by atoms with van der Waals surface area (Å²) in [7, 11) is 0. The lowest BCUT2D eigenvalue weighted by atomic mass is 9.92. The van der Waals surface area contributed by atoms with Crippen molar-refractivity contribution in [2.24, 2.45) is 0 Å². The van der Waals surface area contributed by atoms with Crippen LogP contribution >= 0.6 is 0 Å². The normalized spacial score (nSPS) is 12.1. The Morgan fingerprint density at radius 3 is 1.98 bits per heavy atom. The van der Waals surface area contributed by atoms with Crippen molar-refractivity contribution in [2.75, 3.05) is 0 Å². The van der Waals surface area contributed by atoms with E-state index in [0.29, 0.717) is 0 Å². The second kappa shape index (κ2) is 12.5. The molecule has 57 heavy (non-hydrogen) atoms. The fourth-order valence-electron chi connectivity index (χ4n) is 9.24. The van der Waals surface area contributed by atoms with Gasteiger partial charge in [-0.15, -0.1) is 0 Å². The van der Waals surface area contributed by atoms with Gasteiger partial charge in [-0.25, -0.2) is 4.98 Å². The third-order valence-corrected chi connectivity index (χ3v) is 11.8. The van der Waals surface area contributed by atoms with Crippen molar-refractivity contribution in [1.82, 2.24) is 9.55 Å². The topological polar surface area (TPSA) is 31.0 Å². The molecule has 0 unspecified atom stereocenters. The van der Waals surface area contributed by atoms with Crippen molar-refractivity contribution in [2.45, 2.75) is 6.42 Å². The zero-order valence-electron chi connectivity index (χ0n) is 31.0. The molecule has 12 rings (SSSR count). The molecule has 0 spiro atoms. The first-order valence-corrected chi connectivity index (χ1v) is 19.6. The molecule has 0 aliphatic heterocycles. The Kier molecular flexibility index (Phi) is 6.99. The Bertz CT molecular complexity index is 3370. The lowest BCUT2D eigenvalue weighted by molar-refractivity contribution is 0.669. The number of fused-ring (bicyclic) bond motifs is 9. The zero-order valence-corrected chi connectivity index (χ0v) is 31.0. The van der Waals surface area contributed by atoms with E-state index in [2.05, 4.69) is 187 Å². The Morgan fingerprint density at radius 1 is 0.404 bits per heavy atom. The van der Waals surface area contributed by atoms with E-state index in [1.165, 1.54) is 60.9 Å². The second-order valence-electron chi connectivity index (χ2n) is 15.1. The van der Waals surface area contributed by atoms with Gasteiger partial charge in [0.05, 0.1) is 22.4 Å². The van der Waals surface area contributed by atoms with Gasteiger partial charge in [0.2, 0.25) is 0 Å². The van der Waals surface area contributed by atoms with E-state index < -0.39 is 0 Å². The summed E-state index contributed by atoms with van der Waals surface area (Å²) in [5.74, 6) is 0. The molecule has 266 valence electrons. The molecule has 0 radical (unpaired) electrons. The molecule has 1 aliphatic rings. The van der Waals surface area contributed by atoms with Crippen molar-refractivity contribution in [3.05, 3.63) is 205 Å². The maximum atomic E-state index is 6.34. The highest BCUT2D eigenvalue weighted by Crippen LogP contribution is 2.47. The van der Waals surface area contributed by atoms with Gasteiger partial charge in [-0.2, -0.15) is 0 Å². The average Bonchev–Trinajstić information content (AvgIpc) is 3.96. The molecule has 3 heterocycles. The van der Waals surface area contributed by atoms with Crippen LogP contribution in [0.2, 0.25) is 0 Å². The minimum Gasteiger partial charge on any atom is -0.456 e. The molecule has 0 atom stereocenters. The second-order valence-corrected chi connectivity index (χ2v) is 15.1. The van der Waals surface area contributed by atoms with Gasteiger partial charge in [-0.3, -0.25) is 0 Å². The van der Waals surface area contributed by atoms with E-state index in [1.54, 1.807) is 0 Å². The largest absolute Gasteiger partial charge is 0.456 e. The van der Waals surface area contributed by atoms with E-state index in [-0.39, 0.29) is 0 Å². The first-order chi connectivity index (χ1) is 28.2. The molecule has 0 saturated heterocycles. The van der Waals surface area contributed by atoms with Gasteiger partial charge < -0.3 is 8.98 Å². The molecule has 8 aromatic carbocycles. The third kappa shape index (κ3) is 5.02. The molecule has 0 fully saturated rings. The van der Waals surface area contributed by atoms with Gasteiger partial charge >= 0.3 is 0 Å². The highest BCUT2D eigenvalue weighted by Gasteiger charge is 2.26. The molecule has 3 nitrogen and oxygen atoms in total. The Morgan fingerprint density at radius 2 is 1.09 bits per heavy atom. The number of benzene rings is 8. The van der Waals surface area contributed by atoms with Crippen LogP contribution in [0.1, 0.15) is 11.1 Å². The summed E-state index contributed by atoms with van der Waals surface area (Å²) in [6.45, 7) is 0. The van der Waals surface area contributed by atoms with E-state index in [9.17, 15) is 0 Å². The molecule has 11 aromatic rings. The predicted molar refractivity (Wildman–Crippen MR) is 236 cm³/mol. The first kappa shape index (κ1) is 31.8. The third-order valence-electron chi connectivity index (χ3n) is 11.8. The molecule has 3 aromatic heterocycles. The van der Waals surface area contributed by atoms with Crippen LogP contribution in [0.15, 0.2) is 199 Å². The predicted octanol–water partition coefficient (Wildman–Crippen LogP) is 14.3. The lowest BCUT2D eigenvalue weighted by Crippen LogP contribution is -1.94. The van der Waals surface area contributed by atoms with Gasteiger partial charge in [0, 0.05) is 38.4 Å². The number of rotatable bonds is 5. The van der Waals surface area contributed by atoms with Crippen LogP contribution in [0.25, 0.3) is 105 Å². The van der Waals surface area contributed by atoms with Gasteiger partial charge in [-0.05, 0) is 112 Å². The van der Waals surface area contributed by atoms with Gasteiger partial charge in [-0.1, -0.05) is 133 Å². The molecule has 1 aliphatic carbocycles. The Labute approximate surface area is 329 Å². The Balaban J connectivity index is 1.01. The molecule has 0 saturated carbocycles. The number of nitrogens with zero attached hydrogens (tertiary/aromatic N) is 2. The molecular formula is C54H34N2O. The van der Waals surface area contributed by atoms with Gasteiger partial charge in [0.25, 0.3) is 0 Å². The lowest BCUT2D eigenvalue weighted by Gasteiger charge is -2.14. The molecule has 3 heteroatoms. The van der Waals surface area contributed by atoms with E-state index >= 15 is 0 Å². The number of hydrogen-bond acceptors (Lipinski definition) is 2. The maximum absolute atomic E-state index is 6.34. The van der Waals surface area contributed by atoms with Crippen LogP contribution in [0.5, 0.6) is 0 Å². The zero-order chi connectivity index (χ0) is 37.5. The number of aromatic nitrogens is 2. The smallest absolute Gasteiger partial charge is 0.136 e. The van der Waals surface area contributed by atoms with E-state index in [0.717, 1.165) is 62.0 Å². The molecular weight excluding hydrogens is 693 g/mol. The van der Waals surface area contributed by atoms with E-state index in [1.807, 2.05) is 12.1 Å². The van der Waals surface area contributed by atoms with Crippen molar-refractivity contribution in [3.8, 4) is 61.6 Å². The maximum Gasteiger partial charge on any atom is 0.136 e. The SMILES string of the molecule is c1ccc(-c2cc(-c3ccc4c(c3)oc3ccccc34)cc(-c3cccc4c3-c3cccc(-c5ccc6c(c5)c5ccccc5n6-c5ccccc5)c3C4)n2)cc1. The highest BCUT2D eigenvalue weighted by molar-refractivity contribution is 6.11. The summed E-state index contributed by atoms with van der Waals surface area (Å²) in [6.07, 6.45) is 0.868. The van der Waals surface area contributed by atoms with Crippen molar-refractivity contribution < 1.29 is 4.42 Å². The fraction of sp³-hybridized carbons (Fsp3) is 0.0185. The first-order valence-electron chi connectivity index (χ1n) is 19.6. The standard InChI is InChI=1S/C54H34N2O/c1-3-13-34(14-4-1)48-31-38(35-25-27-43-42-19-8-10-24-52(42)57-53(43)33-35)32-49(55-48)45-22-11-15-37-30-46-40(20-12-21-44(46)54(37)45)36-26-28-51-47(29-36)41-18-7-9-23-50(41)56(51)39-16-5-2-6-17-39/h1-29,31-33H,30H2. The fourth-order valence-corrected chi connectivity index (χ4v) is 9.24. The minimum absolute atomic E-state index is 0.868. The molecule has 0 N–H and O–H groups in total. The summed E-state index contributed by atoms with van der Waals surface area (Å²) in [4.78, 5) is 5.39. The summed E-state index contributed by atoms with van der Waals surface area (Å²) < 4.78 is 8.72. The number of para-hydroxylation sites is 3. The number of hydrogen-bond donors (Lipinski definition) is 0. The Hall–Kier alpha value is -7.49. The molecule has 0 bridgehead atoms. The van der Waals surface area contributed by atoms with Crippen LogP contribution in [0, 0.1) is 0 Å². The van der Waals surface area contributed by atoms with Gasteiger partial charge in [0.1, 0.15) is 11.2 Å². The van der Waals surface area contributed by atoms with E-state index in [4.69, 9.17) is 9.40 Å². The van der Waals surface area contributed by atoms with Gasteiger partial charge in [0.15, 0.2) is 0 Å². The summed E-state index contributed by atoms with van der Waals surface area (Å²) in [5, 5.41) is 4.78. The monoisotopic (exact) mass is 726 g/mol. The highest BCUT2D eigenvalue weighted by atomic mass is 16.3. The number of pyridine rings is 1. The van der Waals surface area contributed by atoms with Crippen molar-refractivity contribution in [3.63, 3.8) is 0 Å². The van der Waals surface area contributed by atoms with Crippen LogP contribution in [0.4, 0.5) is 0 Å². The summed E-state index contributed by atoms with van der Waals surface area (Å²) >= 11 is 0. The van der Waals surface area contributed by atoms with Crippen molar-refractivity contribution in [1.29, 1.82) is 0 Å². The quantitative estimate of drug-likeness (QED) is 0.177. The summed E-state index contributed by atoms with van der Waals surface area (Å²) in [5.41, 5.74) is 19.5. The van der Waals surface area contributed by atoms with Crippen molar-refractivity contribution >= 4 is 43.7 Å². The van der Waals surface area contributed by atoms with Crippen LogP contribution in [0.3, 0.4) is 0 Å². The number of furan rings is 1. The van der Waals surface area contributed by atoms with Crippen LogP contribution < -0.4 is 0 Å². The summed E-state index contributed by atoms with van der Waals surface area (Å²) in [6, 6.07) is 69.8. The van der Waals surface area contributed by atoms with Crippen LogP contribution in [-0.4, -0.2) is 9.55 Å². The van der Waals surface area contributed by atoms with Crippen LogP contribution in [-0.2, 0) is 6.42 Å². The average molecular weight is 727 g/mol. The minimum atomic E-state index is 0.868.